The molecule has 0 aliphatic rings. The van der Waals surface area contributed by atoms with E-state index in [0.29, 0.717) is 12.1 Å². The molecule has 2 heterocycles. The van der Waals surface area contributed by atoms with Crippen LogP contribution < -0.4 is 5.32 Å². The normalized spacial score (nSPS) is 10.9. The molecular weight excluding hydrogens is 308 g/mol. The minimum Gasteiger partial charge on any atom is -0.467 e. The van der Waals surface area contributed by atoms with Gasteiger partial charge in [-0.05, 0) is 45.9 Å². The molecule has 6 heteroatoms. The predicted octanol–water partition coefficient (Wildman–Crippen LogP) is 2.82. The summed E-state index contributed by atoms with van der Waals surface area (Å²) in [6.07, 6.45) is 1.65. The van der Waals surface area contributed by atoms with E-state index in [0.717, 1.165) is 17.1 Å². The molecule has 2 aromatic rings. The number of hydrogen-bond donors (Lipinski definition) is 1. The number of furan rings is 1. The first-order chi connectivity index (χ1) is 11.4. The Morgan fingerprint density at radius 2 is 2.08 bits per heavy atom. The number of aromatic nitrogens is 1. The Morgan fingerprint density at radius 1 is 1.33 bits per heavy atom. The van der Waals surface area contributed by atoms with Crippen LogP contribution in [0.5, 0.6) is 0 Å². The third-order valence-corrected chi connectivity index (χ3v) is 3.69. The summed E-state index contributed by atoms with van der Waals surface area (Å²) in [4.78, 5) is 23.8. The Morgan fingerprint density at radius 3 is 2.71 bits per heavy atom. The van der Waals surface area contributed by atoms with Crippen molar-refractivity contribution in [3.63, 3.8) is 0 Å². The van der Waals surface area contributed by atoms with Crippen LogP contribution in [0.2, 0.25) is 0 Å². The largest absolute Gasteiger partial charge is 0.467 e. The van der Waals surface area contributed by atoms with Gasteiger partial charge in [-0.1, -0.05) is 0 Å². The van der Waals surface area contributed by atoms with E-state index in [4.69, 9.17) is 9.15 Å². The molecule has 0 unspecified atom stereocenters. The van der Waals surface area contributed by atoms with E-state index in [9.17, 15) is 9.59 Å². The molecule has 0 saturated carbocycles. The maximum absolute atomic E-state index is 12.3. The molecule has 0 bridgehead atoms. The van der Waals surface area contributed by atoms with E-state index in [1.54, 1.807) is 20.1 Å². The Kier molecular flexibility index (Phi) is 5.84. The molecular formula is C18H24N2O4. The number of amides is 1. The lowest BCUT2D eigenvalue weighted by molar-refractivity contribution is -0.147. The molecule has 2 rings (SSSR count). The Hall–Kier alpha value is -2.50. The van der Waals surface area contributed by atoms with E-state index >= 15 is 0 Å². The minimum absolute atomic E-state index is 0.145. The topological polar surface area (TPSA) is 73.5 Å². The van der Waals surface area contributed by atoms with E-state index in [2.05, 4.69) is 5.32 Å². The van der Waals surface area contributed by atoms with Crippen molar-refractivity contribution < 1.29 is 18.7 Å². The lowest BCUT2D eigenvalue weighted by Gasteiger charge is -2.09. The molecule has 1 N–H and O–H groups in total. The maximum atomic E-state index is 12.3. The summed E-state index contributed by atoms with van der Waals surface area (Å²) >= 11 is 0. The lowest BCUT2D eigenvalue weighted by Crippen LogP contribution is -2.27. The summed E-state index contributed by atoms with van der Waals surface area (Å²) in [7, 11) is 0. The van der Waals surface area contributed by atoms with Gasteiger partial charge in [0.1, 0.15) is 5.76 Å². The van der Waals surface area contributed by atoms with E-state index in [-0.39, 0.29) is 30.9 Å². The van der Waals surface area contributed by atoms with Crippen LogP contribution in [0.25, 0.3) is 0 Å². The quantitative estimate of drug-likeness (QED) is 0.791. The molecule has 0 aliphatic carbocycles. The van der Waals surface area contributed by atoms with Gasteiger partial charge < -0.3 is 19.0 Å². The number of carbonyl (C=O) groups excluding carboxylic acids is 2. The highest BCUT2D eigenvalue weighted by Gasteiger charge is 2.16. The second-order valence-corrected chi connectivity index (χ2v) is 5.99. The monoisotopic (exact) mass is 332 g/mol. The van der Waals surface area contributed by atoms with Crippen LogP contribution in [-0.4, -0.2) is 29.1 Å². The van der Waals surface area contributed by atoms with Crippen LogP contribution in [0.15, 0.2) is 28.9 Å². The van der Waals surface area contributed by atoms with Gasteiger partial charge in [0, 0.05) is 17.9 Å². The minimum atomic E-state index is -0.311. The van der Waals surface area contributed by atoms with Crippen molar-refractivity contribution in [1.29, 1.82) is 0 Å². The highest BCUT2D eigenvalue weighted by molar-refractivity contribution is 5.95. The zero-order valence-electron chi connectivity index (χ0n) is 14.6. The molecule has 24 heavy (non-hydrogen) atoms. The summed E-state index contributed by atoms with van der Waals surface area (Å²) in [6, 6.07) is 5.59. The van der Waals surface area contributed by atoms with Crippen molar-refractivity contribution in [1.82, 2.24) is 9.88 Å². The number of aryl methyl sites for hydroxylation is 1. The molecule has 0 radical (unpaired) electrons. The molecule has 0 aromatic carbocycles. The highest BCUT2D eigenvalue weighted by Crippen LogP contribution is 2.17. The number of carbonyl (C=O) groups is 2. The first kappa shape index (κ1) is 17.8. The predicted molar refractivity (Wildman–Crippen MR) is 89.9 cm³/mol. The van der Waals surface area contributed by atoms with Gasteiger partial charge in [-0.15, -0.1) is 0 Å². The smallest absolute Gasteiger partial charge is 0.307 e. The van der Waals surface area contributed by atoms with Gasteiger partial charge in [0.25, 0.3) is 5.91 Å². The molecule has 6 nitrogen and oxygen atoms in total. The number of nitrogens with zero attached hydrogens (tertiary/aromatic N) is 1. The number of esters is 1. The average Bonchev–Trinajstić information content (AvgIpc) is 3.10. The van der Waals surface area contributed by atoms with E-state index in [1.165, 1.54) is 0 Å². The average molecular weight is 332 g/mol. The second kappa shape index (κ2) is 7.86. The van der Waals surface area contributed by atoms with Crippen LogP contribution in [0.4, 0.5) is 0 Å². The number of rotatable bonds is 7. The molecule has 0 saturated heterocycles. The Balaban J connectivity index is 1.96. The Labute approximate surface area is 141 Å². The molecule has 0 aliphatic heterocycles. The molecule has 1 amide bonds. The summed E-state index contributed by atoms with van der Waals surface area (Å²) in [5.41, 5.74) is 2.45. The number of hydrogen-bond acceptors (Lipinski definition) is 4. The SMILES string of the molecule is Cc1cc(C(=O)NCCC(=O)OC(C)C)c(C)n1Cc1ccco1. The van der Waals surface area contributed by atoms with Crippen molar-refractivity contribution in [2.75, 3.05) is 6.54 Å². The maximum Gasteiger partial charge on any atom is 0.307 e. The van der Waals surface area contributed by atoms with Crippen LogP contribution >= 0.6 is 0 Å². The first-order valence-electron chi connectivity index (χ1n) is 8.05. The van der Waals surface area contributed by atoms with Crippen molar-refractivity contribution in [3.8, 4) is 0 Å². The fraction of sp³-hybridized carbons (Fsp3) is 0.444. The van der Waals surface area contributed by atoms with Gasteiger partial charge >= 0.3 is 5.97 Å². The number of ether oxygens (including phenoxy) is 1. The molecule has 0 spiro atoms. The van der Waals surface area contributed by atoms with Crippen molar-refractivity contribution in [2.45, 2.75) is 46.8 Å². The molecule has 0 fully saturated rings. The van der Waals surface area contributed by atoms with Gasteiger partial charge in [-0.25, -0.2) is 0 Å². The summed E-state index contributed by atoms with van der Waals surface area (Å²) in [5.74, 6) is 0.333. The lowest BCUT2D eigenvalue weighted by atomic mass is 10.2. The summed E-state index contributed by atoms with van der Waals surface area (Å²) in [6.45, 7) is 8.28. The van der Waals surface area contributed by atoms with Crippen molar-refractivity contribution in [2.24, 2.45) is 0 Å². The molecule has 130 valence electrons. The second-order valence-electron chi connectivity index (χ2n) is 5.99. The highest BCUT2D eigenvalue weighted by atomic mass is 16.5. The van der Waals surface area contributed by atoms with Gasteiger partial charge in [-0.2, -0.15) is 0 Å². The number of nitrogens with one attached hydrogen (secondary N) is 1. The van der Waals surface area contributed by atoms with Crippen LogP contribution in [0, 0.1) is 13.8 Å². The third-order valence-electron chi connectivity index (χ3n) is 3.69. The zero-order chi connectivity index (χ0) is 17.7. The van der Waals surface area contributed by atoms with Gasteiger partial charge in [0.15, 0.2) is 0 Å². The summed E-state index contributed by atoms with van der Waals surface area (Å²) in [5, 5.41) is 2.77. The standard InChI is InChI=1S/C18H24N2O4/c1-12(2)24-17(21)7-8-19-18(22)16-10-13(3)20(14(16)4)11-15-6-5-9-23-15/h5-6,9-10,12H,7-8,11H2,1-4H3,(H,19,22). The van der Waals surface area contributed by atoms with E-state index in [1.807, 2.05) is 36.6 Å². The third kappa shape index (κ3) is 4.50. The zero-order valence-corrected chi connectivity index (χ0v) is 14.6. The van der Waals surface area contributed by atoms with Crippen LogP contribution in [0.3, 0.4) is 0 Å². The van der Waals surface area contributed by atoms with Gasteiger partial charge in [0.05, 0.1) is 30.9 Å². The van der Waals surface area contributed by atoms with Crippen LogP contribution in [0.1, 0.15) is 47.8 Å². The first-order valence-corrected chi connectivity index (χ1v) is 8.05. The molecule has 0 atom stereocenters. The van der Waals surface area contributed by atoms with Crippen LogP contribution in [-0.2, 0) is 16.1 Å². The Bertz CT molecular complexity index is 699. The van der Waals surface area contributed by atoms with Crippen molar-refractivity contribution >= 4 is 11.9 Å². The van der Waals surface area contributed by atoms with Gasteiger partial charge in [-0.3, -0.25) is 9.59 Å². The van der Waals surface area contributed by atoms with E-state index < -0.39 is 0 Å². The summed E-state index contributed by atoms with van der Waals surface area (Å²) < 4.78 is 12.4. The molecule has 2 aromatic heterocycles. The van der Waals surface area contributed by atoms with Gasteiger partial charge in [0.2, 0.25) is 0 Å². The van der Waals surface area contributed by atoms with Crippen molar-refractivity contribution in [3.05, 3.63) is 47.2 Å². The fourth-order valence-electron chi connectivity index (χ4n) is 2.53. The fourth-order valence-corrected chi connectivity index (χ4v) is 2.53.